The highest BCUT2D eigenvalue weighted by Crippen LogP contribution is 2.37. The van der Waals surface area contributed by atoms with E-state index >= 15 is 0 Å². The van der Waals surface area contributed by atoms with Crippen LogP contribution in [0, 0.1) is 11.8 Å². The van der Waals surface area contributed by atoms with Crippen LogP contribution in [0.15, 0.2) is 35.2 Å². The van der Waals surface area contributed by atoms with Crippen molar-refractivity contribution in [1.29, 1.82) is 0 Å². The molecule has 6 nitrogen and oxygen atoms in total. The Bertz CT molecular complexity index is 804. The summed E-state index contributed by atoms with van der Waals surface area (Å²) in [6, 6.07) is 8.43. The summed E-state index contributed by atoms with van der Waals surface area (Å²) >= 11 is 0. The van der Waals surface area contributed by atoms with Gasteiger partial charge in [-0.15, -0.1) is 0 Å². The Morgan fingerprint density at radius 3 is 2.28 bits per heavy atom. The lowest BCUT2D eigenvalue weighted by Crippen LogP contribution is -2.60. The Kier molecular flexibility index (Phi) is 6.70. The number of rotatable bonds is 7. The van der Waals surface area contributed by atoms with Crippen molar-refractivity contribution in [3.63, 3.8) is 0 Å². The number of hydrogen-bond acceptors (Lipinski definition) is 4. The van der Waals surface area contributed by atoms with Crippen molar-refractivity contribution in [3.05, 3.63) is 30.3 Å². The predicted molar refractivity (Wildman–Crippen MR) is 115 cm³/mol. The number of carbonyl (C=O) groups is 1. The number of amides is 1. The molecular formula is C22H35N3O3S. The zero-order valence-corrected chi connectivity index (χ0v) is 18.9. The van der Waals surface area contributed by atoms with Gasteiger partial charge >= 0.3 is 0 Å². The first-order chi connectivity index (χ1) is 13.7. The van der Waals surface area contributed by atoms with Crippen LogP contribution in [0.2, 0.25) is 0 Å². The Labute approximate surface area is 175 Å². The molecule has 1 aromatic rings. The third-order valence-corrected chi connectivity index (χ3v) is 8.72. The molecule has 7 heteroatoms. The molecule has 1 amide bonds. The summed E-state index contributed by atoms with van der Waals surface area (Å²) in [5.74, 6) is 0.853. The van der Waals surface area contributed by atoms with Crippen molar-refractivity contribution in [3.8, 4) is 0 Å². The molecule has 2 fully saturated rings. The SMILES string of the molecule is CCC(C)CN1C(=O)C(C(C)CC)NC12CCN(S(=O)(=O)c1ccccc1)CC2. The molecule has 2 saturated heterocycles. The molecule has 3 unspecified atom stereocenters. The van der Waals surface area contributed by atoms with Gasteiger partial charge in [-0.25, -0.2) is 8.42 Å². The number of nitrogens with one attached hydrogen (secondary N) is 1. The molecule has 2 aliphatic rings. The van der Waals surface area contributed by atoms with Gasteiger partial charge in [-0.05, 0) is 36.8 Å². The van der Waals surface area contributed by atoms with E-state index in [1.54, 1.807) is 28.6 Å². The van der Waals surface area contributed by atoms with Gasteiger partial charge < -0.3 is 4.90 Å². The largest absolute Gasteiger partial charge is 0.323 e. The number of benzene rings is 1. The molecule has 0 saturated carbocycles. The molecule has 1 spiro atoms. The molecule has 0 bridgehead atoms. The van der Waals surface area contributed by atoms with E-state index in [4.69, 9.17) is 0 Å². The number of piperidine rings is 1. The highest BCUT2D eigenvalue weighted by molar-refractivity contribution is 7.89. The van der Waals surface area contributed by atoms with Crippen molar-refractivity contribution < 1.29 is 13.2 Å². The van der Waals surface area contributed by atoms with Crippen LogP contribution in [-0.4, -0.2) is 54.9 Å². The zero-order valence-electron chi connectivity index (χ0n) is 18.1. The van der Waals surface area contributed by atoms with Crippen LogP contribution in [0.1, 0.15) is 53.4 Å². The van der Waals surface area contributed by atoms with Gasteiger partial charge in [0.05, 0.1) is 16.6 Å². The second-order valence-electron chi connectivity index (χ2n) is 8.72. The summed E-state index contributed by atoms with van der Waals surface area (Å²) < 4.78 is 27.6. The molecule has 0 radical (unpaired) electrons. The summed E-state index contributed by atoms with van der Waals surface area (Å²) in [6.45, 7) is 10.1. The summed E-state index contributed by atoms with van der Waals surface area (Å²) in [6.07, 6.45) is 3.19. The fourth-order valence-electron chi connectivity index (χ4n) is 4.39. The minimum atomic E-state index is -3.50. The maximum atomic E-state index is 13.3. The van der Waals surface area contributed by atoms with E-state index in [0.717, 1.165) is 19.4 Å². The van der Waals surface area contributed by atoms with Crippen LogP contribution in [0.25, 0.3) is 0 Å². The Morgan fingerprint density at radius 2 is 1.72 bits per heavy atom. The predicted octanol–water partition coefficient (Wildman–Crippen LogP) is 3.06. The first kappa shape index (κ1) is 22.2. The molecule has 0 aromatic heterocycles. The normalized spacial score (nSPS) is 24.8. The minimum absolute atomic E-state index is 0.179. The van der Waals surface area contributed by atoms with Gasteiger partial charge in [-0.3, -0.25) is 10.1 Å². The quantitative estimate of drug-likeness (QED) is 0.735. The highest BCUT2D eigenvalue weighted by atomic mass is 32.2. The van der Waals surface area contributed by atoms with E-state index < -0.39 is 15.7 Å². The Hall–Kier alpha value is -1.44. The molecule has 1 aromatic carbocycles. The molecule has 1 N–H and O–H groups in total. The van der Waals surface area contributed by atoms with Crippen molar-refractivity contribution in [2.45, 2.75) is 70.0 Å². The summed E-state index contributed by atoms with van der Waals surface area (Å²) in [4.78, 5) is 15.6. The molecule has 3 atom stereocenters. The monoisotopic (exact) mass is 421 g/mol. The van der Waals surface area contributed by atoms with Crippen molar-refractivity contribution in [2.24, 2.45) is 11.8 Å². The lowest BCUT2D eigenvalue weighted by Gasteiger charge is -2.45. The Morgan fingerprint density at radius 1 is 1.10 bits per heavy atom. The summed E-state index contributed by atoms with van der Waals surface area (Å²) in [7, 11) is -3.50. The van der Waals surface area contributed by atoms with Gasteiger partial charge in [-0.1, -0.05) is 58.7 Å². The molecule has 29 heavy (non-hydrogen) atoms. The standard InChI is InChI=1S/C22H35N3O3S/c1-5-17(3)16-25-21(26)20(18(4)6-2)23-22(25)12-14-24(15-13-22)29(27,28)19-10-8-7-9-11-19/h7-11,17-18,20,23H,5-6,12-16H2,1-4H3. The number of hydrogen-bond donors (Lipinski definition) is 1. The topological polar surface area (TPSA) is 69.7 Å². The lowest BCUT2D eigenvalue weighted by atomic mass is 9.95. The lowest BCUT2D eigenvalue weighted by molar-refractivity contribution is -0.134. The highest BCUT2D eigenvalue weighted by Gasteiger charge is 2.53. The maximum Gasteiger partial charge on any atom is 0.243 e. The van der Waals surface area contributed by atoms with Gasteiger partial charge in [0.15, 0.2) is 0 Å². The van der Waals surface area contributed by atoms with E-state index in [9.17, 15) is 13.2 Å². The third kappa shape index (κ3) is 4.23. The van der Waals surface area contributed by atoms with Gasteiger partial charge in [0.25, 0.3) is 0 Å². The van der Waals surface area contributed by atoms with Crippen LogP contribution >= 0.6 is 0 Å². The molecule has 2 aliphatic heterocycles. The zero-order chi connectivity index (χ0) is 21.2. The molecular weight excluding hydrogens is 386 g/mol. The average Bonchev–Trinajstić information content (AvgIpc) is 3.00. The Balaban J connectivity index is 1.81. The van der Waals surface area contributed by atoms with E-state index in [2.05, 4.69) is 33.0 Å². The maximum absolute atomic E-state index is 13.3. The van der Waals surface area contributed by atoms with E-state index in [1.165, 1.54) is 0 Å². The van der Waals surface area contributed by atoms with Crippen LogP contribution in [0.4, 0.5) is 0 Å². The smallest absolute Gasteiger partial charge is 0.243 e. The van der Waals surface area contributed by atoms with Gasteiger partial charge in [0.1, 0.15) is 0 Å². The van der Waals surface area contributed by atoms with Gasteiger partial charge in [0, 0.05) is 19.6 Å². The van der Waals surface area contributed by atoms with Crippen molar-refractivity contribution >= 4 is 15.9 Å². The summed E-state index contributed by atoms with van der Waals surface area (Å²) in [5.41, 5.74) is -0.433. The second kappa shape index (κ2) is 8.74. The van der Waals surface area contributed by atoms with Crippen molar-refractivity contribution in [2.75, 3.05) is 19.6 Å². The third-order valence-electron chi connectivity index (χ3n) is 6.81. The average molecular weight is 422 g/mol. The first-order valence-electron chi connectivity index (χ1n) is 10.9. The summed E-state index contributed by atoms with van der Waals surface area (Å²) in [5, 5.41) is 3.65. The van der Waals surface area contributed by atoms with E-state index in [-0.39, 0.29) is 17.9 Å². The molecule has 3 rings (SSSR count). The first-order valence-corrected chi connectivity index (χ1v) is 12.3. The van der Waals surface area contributed by atoms with Crippen LogP contribution in [-0.2, 0) is 14.8 Å². The van der Waals surface area contributed by atoms with Crippen LogP contribution in [0.3, 0.4) is 0 Å². The molecule has 162 valence electrons. The van der Waals surface area contributed by atoms with E-state index in [0.29, 0.717) is 36.7 Å². The molecule has 2 heterocycles. The van der Waals surface area contributed by atoms with Crippen molar-refractivity contribution in [1.82, 2.24) is 14.5 Å². The second-order valence-corrected chi connectivity index (χ2v) is 10.7. The van der Waals surface area contributed by atoms with Crippen LogP contribution < -0.4 is 5.32 Å². The molecule has 0 aliphatic carbocycles. The number of nitrogens with zero attached hydrogens (tertiary/aromatic N) is 2. The van der Waals surface area contributed by atoms with E-state index in [1.807, 2.05) is 11.0 Å². The van der Waals surface area contributed by atoms with Crippen LogP contribution in [0.5, 0.6) is 0 Å². The van der Waals surface area contributed by atoms with Gasteiger partial charge in [-0.2, -0.15) is 4.31 Å². The number of sulfonamides is 1. The minimum Gasteiger partial charge on any atom is -0.323 e. The fourth-order valence-corrected chi connectivity index (χ4v) is 5.85. The number of carbonyl (C=O) groups excluding carboxylic acids is 1. The van der Waals surface area contributed by atoms with Gasteiger partial charge in [0.2, 0.25) is 15.9 Å². The fraction of sp³-hybridized carbons (Fsp3) is 0.682.